The molecular weight excluding hydrogens is 336 g/mol. The van der Waals surface area contributed by atoms with Crippen LogP contribution in [0.3, 0.4) is 0 Å². The summed E-state index contributed by atoms with van der Waals surface area (Å²) < 4.78 is 5.43. The SMILES string of the molecule is Cc1cccc(-c2nnc(NC(=O)/C=C\c3ccc([N+](=O)[O-])cc3)o2)c1. The molecule has 3 rings (SSSR count). The number of aromatic nitrogens is 2. The molecule has 130 valence electrons. The minimum absolute atomic E-state index is 0.0128. The van der Waals surface area contributed by atoms with Gasteiger partial charge in [0, 0.05) is 23.8 Å². The van der Waals surface area contributed by atoms with Crippen LogP contribution in [0.5, 0.6) is 0 Å². The zero-order chi connectivity index (χ0) is 18.5. The minimum Gasteiger partial charge on any atom is -0.403 e. The Labute approximate surface area is 148 Å². The Hall–Kier alpha value is -3.81. The molecule has 0 aliphatic carbocycles. The number of carbonyl (C=O) groups excluding carboxylic acids is 1. The maximum Gasteiger partial charge on any atom is 0.322 e. The van der Waals surface area contributed by atoms with Gasteiger partial charge in [-0.1, -0.05) is 22.8 Å². The molecule has 1 aromatic heterocycles. The monoisotopic (exact) mass is 350 g/mol. The molecule has 0 fully saturated rings. The fraction of sp³-hybridized carbons (Fsp3) is 0.0556. The predicted octanol–water partition coefficient (Wildman–Crippen LogP) is 3.61. The number of non-ortho nitro benzene ring substituents is 1. The molecule has 0 saturated carbocycles. The van der Waals surface area contributed by atoms with Crippen molar-refractivity contribution in [1.82, 2.24) is 10.2 Å². The molecule has 3 aromatic rings. The van der Waals surface area contributed by atoms with Crippen LogP contribution in [0.4, 0.5) is 11.7 Å². The molecular formula is C18H14N4O4. The molecule has 2 aromatic carbocycles. The summed E-state index contributed by atoms with van der Waals surface area (Å²) in [6.45, 7) is 1.95. The minimum atomic E-state index is -0.485. The second-order valence-corrected chi connectivity index (χ2v) is 5.45. The van der Waals surface area contributed by atoms with Crippen molar-refractivity contribution in [2.75, 3.05) is 5.32 Å². The first-order chi connectivity index (χ1) is 12.5. The number of nitro groups is 1. The summed E-state index contributed by atoms with van der Waals surface area (Å²) in [5.41, 5.74) is 2.45. The van der Waals surface area contributed by atoms with E-state index >= 15 is 0 Å². The average Bonchev–Trinajstić information content (AvgIpc) is 3.09. The Bertz CT molecular complexity index is 977. The molecule has 1 N–H and O–H groups in total. The highest BCUT2D eigenvalue weighted by Gasteiger charge is 2.10. The molecule has 0 spiro atoms. The molecule has 0 bridgehead atoms. The number of nitrogens with one attached hydrogen (secondary N) is 1. The third-order valence-corrected chi connectivity index (χ3v) is 3.45. The molecule has 0 aliphatic heterocycles. The molecule has 0 unspecified atom stereocenters. The molecule has 0 radical (unpaired) electrons. The van der Waals surface area contributed by atoms with E-state index in [1.807, 2.05) is 31.2 Å². The van der Waals surface area contributed by atoms with Crippen molar-refractivity contribution in [1.29, 1.82) is 0 Å². The summed E-state index contributed by atoms with van der Waals surface area (Å²) in [6.07, 6.45) is 2.80. The molecule has 0 atom stereocenters. The summed E-state index contributed by atoms with van der Waals surface area (Å²) in [5.74, 6) is -0.147. The largest absolute Gasteiger partial charge is 0.403 e. The van der Waals surface area contributed by atoms with E-state index in [2.05, 4.69) is 15.5 Å². The van der Waals surface area contributed by atoms with Gasteiger partial charge in [-0.25, -0.2) is 0 Å². The lowest BCUT2D eigenvalue weighted by molar-refractivity contribution is -0.384. The first kappa shape index (κ1) is 17.0. The van der Waals surface area contributed by atoms with Gasteiger partial charge in [-0.05, 0) is 42.8 Å². The van der Waals surface area contributed by atoms with Crippen molar-refractivity contribution in [3.63, 3.8) is 0 Å². The second-order valence-electron chi connectivity index (χ2n) is 5.45. The van der Waals surface area contributed by atoms with E-state index < -0.39 is 10.8 Å². The number of anilines is 1. The zero-order valence-electron chi connectivity index (χ0n) is 13.7. The highest BCUT2D eigenvalue weighted by atomic mass is 16.6. The number of nitro benzene ring substituents is 1. The third-order valence-electron chi connectivity index (χ3n) is 3.45. The highest BCUT2D eigenvalue weighted by Crippen LogP contribution is 2.20. The number of benzene rings is 2. The van der Waals surface area contributed by atoms with Crippen molar-refractivity contribution in [2.45, 2.75) is 6.92 Å². The lowest BCUT2D eigenvalue weighted by Gasteiger charge is -1.97. The van der Waals surface area contributed by atoms with E-state index in [0.717, 1.165) is 11.1 Å². The van der Waals surface area contributed by atoms with Gasteiger partial charge in [-0.15, -0.1) is 5.10 Å². The van der Waals surface area contributed by atoms with Gasteiger partial charge in [-0.3, -0.25) is 20.2 Å². The molecule has 1 amide bonds. The molecule has 1 heterocycles. The summed E-state index contributed by atoms with van der Waals surface area (Å²) in [5, 5.41) is 20.8. The van der Waals surface area contributed by atoms with Crippen LogP contribution in [0.2, 0.25) is 0 Å². The molecule has 8 heteroatoms. The summed E-state index contributed by atoms with van der Waals surface area (Å²) >= 11 is 0. The quantitative estimate of drug-likeness (QED) is 0.427. The van der Waals surface area contributed by atoms with Crippen LogP contribution in [-0.2, 0) is 4.79 Å². The van der Waals surface area contributed by atoms with Crippen LogP contribution in [0.15, 0.2) is 59.0 Å². The average molecular weight is 350 g/mol. The Balaban J connectivity index is 1.64. The molecule has 8 nitrogen and oxygen atoms in total. The van der Waals surface area contributed by atoms with Crippen LogP contribution in [-0.4, -0.2) is 21.0 Å². The van der Waals surface area contributed by atoms with Crippen molar-refractivity contribution in [3.8, 4) is 11.5 Å². The number of aryl methyl sites for hydroxylation is 1. The van der Waals surface area contributed by atoms with Gasteiger partial charge in [0.05, 0.1) is 4.92 Å². The van der Waals surface area contributed by atoms with Gasteiger partial charge in [0.15, 0.2) is 0 Å². The fourth-order valence-electron chi connectivity index (χ4n) is 2.19. The summed E-state index contributed by atoms with van der Waals surface area (Å²) in [4.78, 5) is 22.0. The van der Waals surface area contributed by atoms with Crippen LogP contribution in [0, 0.1) is 17.0 Å². The lowest BCUT2D eigenvalue weighted by Crippen LogP contribution is -2.07. The van der Waals surface area contributed by atoms with E-state index in [1.165, 1.54) is 24.3 Å². The first-order valence-electron chi connectivity index (χ1n) is 7.65. The van der Waals surface area contributed by atoms with Gasteiger partial charge < -0.3 is 4.42 Å². The Morgan fingerprint density at radius 3 is 2.65 bits per heavy atom. The van der Waals surface area contributed by atoms with Gasteiger partial charge >= 0.3 is 6.01 Å². The van der Waals surface area contributed by atoms with Crippen molar-refractivity contribution in [3.05, 3.63) is 75.8 Å². The van der Waals surface area contributed by atoms with E-state index in [1.54, 1.807) is 12.1 Å². The topological polar surface area (TPSA) is 111 Å². The molecule has 0 saturated heterocycles. The number of rotatable bonds is 5. The van der Waals surface area contributed by atoms with Gasteiger partial charge in [0.25, 0.3) is 11.6 Å². The zero-order valence-corrected chi connectivity index (χ0v) is 13.7. The van der Waals surface area contributed by atoms with Crippen LogP contribution in [0.1, 0.15) is 11.1 Å². The number of amides is 1. The number of carbonyl (C=O) groups is 1. The van der Waals surface area contributed by atoms with Gasteiger partial charge in [-0.2, -0.15) is 0 Å². The van der Waals surface area contributed by atoms with E-state index in [0.29, 0.717) is 11.5 Å². The van der Waals surface area contributed by atoms with Crippen molar-refractivity contribution in [2.24, 2.45) is 0 Å². The summed E-state index contributed by atoms with van der Waals surface area (Å²) in [6, 6.07) is 13.4. The van der Waals surface area contributed by atoms with E-state index in [4.69, 9.17) is 4.42 Å². The third kappa shape index (κ3) is 4.18. The number of hydrogen-bond donors (Lipinski definition) is 1. The van der Waals surface area contributed by atoms with Gasteiger partial charge in [0.1, 0.15) is 0 Å². The smallest absolute Gasteiger partial charge is 0.322 e. The fourth-order valence-corrected chi connectivity index (χ4v) is 2.19. The van der Waals surface area contributed by atoms with Gasteiger partial charge in [0.2, 0.25) is 5.89 Å². The number of nitrogens with zero attached hydrogens (tertiary/aromatic N) is 3. The maximum absolute atomic E-state index is 11.9. The normalized spacial score (nSPS) is 10.8. The van der Waals surface area contributed by atoms with Crippen molar-refractivity contribution < 1.29 is 14.1 Å². The predicted molar refractivity (Wildman–Crippen MR) is 95.2 cm³/mol. The van der Waals surface area contributed by atoms with Crippen molar-refractivity contribution >= 4 is 23.7 Å². The van der Waals surface area contributed by atoms with Crippen LogP contribution >= 0.6 is 0 Å². The molecule has 26 heavy (non-hydrogen) atoms. The second kappa shape index (κ2) is 7.39. The molecule has 0 aliphatic rings. The Morgan fingerprint density at radius 1 is 1.19 bits per heavy atom. The number of hydrogen-bond acceptors (Lipinski definition) is 6. The Kier molecular flexibility index (Phi) is 4.84. The van der Waals surface area contributed by atoms with E-state index in [9.17, 15) is 14.9 Å². The maximum atomic E-state index is 11.9. The van der Waals surface area contributed by atoms with Crippen LogP contribution in [0.25, 0.3) is 17.5 Å². The van der Waals surface area contributed by atoms with Crippen LogP contribution < -0.4 is 5.32 Å². The first-order valence-corrected chi connectivity index (χ1v) is 7.65. The highest BCUT2D eigenvalue weighted by molar-refractivity contribution is 6.00. The lowest BCUT2D eigenvalue weighted by atomic mass is 10.1. The standard InChI is InChI=1S/C18H14N4O4/c1-12-3-2-4-14(11-12)17-20-21-18(26-17)19-16(23)10-7-13-5-8-15(9-6-13)22(24)25/h2-11H,1H3,(H,19,21,23)/b10-7-. The summed E-state index contributed by atoms with van der Waals surface area (Å²) in [7, 11) is 0. The Morgan fingerprint density at radius 2 is 1.96 bits per heavy atom. The van der Waals surface area contributed by atoms with E-state index in [-0.39, 0.29) is 11.7 Å².